The smallest absolute Gasteiger partial charge is 0.0688 e. The Balaban J connectivity index is 0.000000576. The number of aromatic nitrogens is 2. The number of H-pyrrole nitrogens is 1. The average Bonchev–Trinajstić information content (AvgIpc) is 2.71. The molecule has 3 rings (SSSR count). The van der Waals surface area contributed by atoms with Crippen LogP contribution in [0.25, 0.3) is 0 Å². The van der Waals surface area contributed by atoms with E-state index >= 15 is 0 Å². The standard InChI is InChI=1S/C13H21N3.C2H6.H2/c1-2-4-10(5-3-1)13-11-6-8-14-9-7-12(11)15-16-13;1-2;/h10,14H,1-9H2,(H,15,16);1-2H3;1H. The third-order valence-electron chi connectivity index (χ3n) is 4.08. The molecule has 1 fully saturated rings. The first kappa shape index (κ1) is 13.6. The summed E-state index contributed by atoms with van der Waals surface area (Å²) in [5, 5.41) is 11.3. The fraction of sp³-hybridized carbons (Fsp3) is 0.800. The summed E-state index contributed by atoms with van der Waals surface area (Å²) in [5.41, 5.74) is 4.33. The van der Waals surface area contributed by atoms with Gasteiger partial charge in [0.2, 0.25) is 0 Å². The number of hydrogen-bond acceptors (Lipinski definition) is 2. The number of nitrogens with zero attached hydrogens (tertiary/aromatic N) is 1. The molecular weight excluding hydrogens is 222 g/mol. The van der Waals surface area contributed by atoms with Crippen molar-refractivity contribution in [2.45, 2.75) is 64.7 Å². The normalized spacial score (nSPS) is 20.6. The van der Waals surface area contributed by atoms with Gasteiger partial charge in [0.1, 0.15) is 0 Å². The van der Waals surface area contributed by atoms with Gasteiger partial charge in [-0.1, -0.05) is 33.1 Å². The monoisotopic (exact) mass is 251 g/mol. The minimum Gasteiger partial charge on any atom is -0.316 e. The zero-order chi connectivity index (χ0) is 12.8. The first-order valence-electron chi connectivity index (χ1n) is 7.72. The van der Waals surface area contributed by atoms with Crippen LogP contribution < -0.4 is 5.32 Å². The van der Waals surface area contributed by atoms with Crippen molar-refractivity contribution in [2.75, 3.05) is 13.1 Å². The van der Waals surface area contributed by atoms with Gasteiger partial charge < -0.3 is 5.32 Å². The highest BCUT2D eigenvalue weighted by Crippen LogP contribution is 2.34. The Kier molecular flexibility index (Phi) is 5.24. The summed E-state index contributed by atoms with van der Waals surface area (Å²) >= 11 is 0. The molecule has 2 N–H and O–H groups in total. The predicted molar refractivity (Wildman–Crippen MR) is 78.2 cm³/mol. The molecule has 1 aromatic rings. The fourth-order valence-electron chi connectivity index (χ4n) is 3.17. The van der Waals surface area contributed by atoms with E-state index in [-0.39, 0.29) is 1.43 Å². The van der Waals surface area contributed by atoms with Crippen LogP contribution in [0.15, 0.2) is 0 Å². The molecule has 3 nitrogen and oxygen atoms in total. The van der Waals surface area contributed by atoms with Crippen molar-refractivity contribution >= 4 is 0 Å². The van der Waals surface area contributed by atoms with Gasteiger partial charge in [-0.2, -0.15) is 5.10 Å². The number of nitrogens with one attached hydrogen (secondary N) is 2. The van der Waals surface area contributed by atoms with Crippen molar-refractivity contribution in [2.24, 2.45) is 0 Å². The minimum absolute atomic E-state index is 0. The van der Waals surface area contributed by atoms with Crippen LogP contribution in [-0.2, 0) is 12.8 Å². The van der Waals surface area contributed by atoms with Crippen LogP contribution in [0.4, 0.5) is 0 Å². The van der Waals surface area contributed by atoms with Gasteiger partial charge in [0, 0.05) is 26.0 Å². The van der Waals surface area contributed by atoms with Crippen LogP contribution in [-0.4, -0.2) is 23.3 Å². The van der Waals surface area contributed by atoms with Gasteiger partial charge in [-0.3, -0.25) is 5.10 Å². The first-order chi connectivity index (χ1) is 8.95. The van der Waals surface area contributed by atoms with E-state index in [1.807, 2.05) is 13.8 Å². The van der Waals surface area contributed by atoms with Crippen molar-refractivity contribution in [3.05, 3.63) is 17.0 Å². The van der Waals surface area contributed by atoms with E-state index in [0.29, 0.717) is 0 Å². The summed E-state index contributed by atoms with van der Waals surface area (Å²) in [6.45, 7) is 6.21. The molecule has 104 valence electrons. The molecule has 0 amide bonds. The van der Waals surface area contributed by atoms with Gasteiger partial charge in [-0.05, 0) is 31.4 Å². The molecule has 0 aromatic carbocycles. The van der Waals surface area contributed by atoms with Crippen LogP contribution in [0.3, 0.4) is 0 Å². The Hall–Kier alpha value is -0.830. The molecule has 1 aliphatic heterocycles. The van der Waals surface area contributed by atoms with Gasteiger partial charge in [-0.25, -0.2) is 0 Å². The Bertz CT molecular complexity index is 356. The second kappa shape index (κ2) is 6.93. The number of aromatic amines is 1. The summed E-state index contributed by atoms with van der Waals surface area (Å²) in [4.78, 5) is 0. The SMILES string of the molecule is C1CCC(c2n[nH]c3c2CCNCC3)CC1.CC.[HH]. The van der Waals surface area contributed by atoms with Crippen LogP contribution in [0, 0.1) is 0 Å². The topological polar surface area (TPSA) is 40.7 Å². The zero-order valence-corrected chi connectivity index (χ0v) is 11.9. The van der Waals surface area contributed by atoms with Gasteiger partial charge >= 0.3 is 0 Å². The molecule has 2 heterocycles. The quantitative estimate of drug-likeness (QED) is 0.803. The largest absolute Gasteiger partial charge is 0.316 e. The lowest BCUT2D eigenvalue weighted by Crippen LogP contribution is -2.17. The minimum atomic E-state index is 0. The van der Waals surface area contributed by atoms with Gasteiger partial charge in [0.05, 0.1) is 5.69 Å². The maximum absolute atomic E-state index is 4.61. The molecule has 1 aromatic heterocycles. The molecule has 0 bridgehead atoms. The molecule has 3 heteroatoms. The fourth-order valence-corrected chi connectivity index (χ4v) is 3.17. The van der Waals surface area contributed by atoms with E-state index in [9.17, 15) is 0 Å². The van der Waals surface area contributed by atoms with E-state index in [2.05, 4.69) is 15.5 Å². The Morgan fingerprint density at radius 1 is 1.06 bits per heavy atom. The highest BCUT2D eigenvalue weighted by atomic mass is 15.1. The molecule has 0 atom stereocenters. The first-order valence-corrected chi connectivity index (χ1v) is 7.72. The zero-order valence-electron chi connectivity index (χ0n) is 11.9. The lowest BCUT2D eigenvalue weighted by molar-refractivity contribution is 0.434. The maximum Gasteiger partial charge on any atom is 0.0688 e. The van der Waals surface area contributed by atoms with E-state index in [1.165, 1.54) is 49.1 Å². The highest BCUT2D eigenvalue weighted by molar-refractivity contribution is 5.30. The van der Waals surface area contributed by atoms with Crippen molar-refractivity contribution in [1.29, 1.82) is 0 Å². The van der Waals surface area contributed by atoms with Crippen molar-refractivity contribution < 1.29 is 1.43 Å². The molecule has 0 radical (unpaired) electrons. The molecule has 0 saturated heterocycles. The Morgan fingerprint density at radius 2 is 1.78 bits per heavy atom. The second-order valence-electron chi connectivity index (χ2n) is 5.15. The molecule has 18 heavy (non-hydrogen) atoms. The van der Waals surface area contributed by atoms with E-state index in [4.69, 9.17) is 0 Å². The third-order valence-corrected chi connectivity index (χ3v) is 4.08. The number of rotatable bonds is 1. The third kappa shape index (κ3) is 2.94. The van der Waals surface area contributed by atoms with Gasteiger partial charge in [0.25, 0.3) is 0 Å². The molecule has 0 spiro atoms. The van der Waals surface area contributed by atoms with Crippen LogP contribution in [0.2, 0.25) is 0 Å². The predicted octanol–water partition coefficient (Wildman–Crippen LogP) is 3.42. The molecule has 1 aliphatic carbocycles. The Morgan fingerprint density at radius 3 is 2.56 bits per heavy atom. The highest BCUT2D eigenvalue weighted by Gasteiger charge is 2.23. The van der Waals surface area contributed by atoms with Crippen molar-refractivity contribution in [3.8, 4) is 0 Å². The van der Waals surface area contributed by atoms with E-state index in [0.717, 1.165) is 31.8 Å². The summed E-state index contributed by atoms with van der Waals surface area (Å²) in [6.07, 6.45) is 9.20. The molecule has 0 unspecified atom stereocenters. The summed E-state index contributed by atoms with van der Waals surface area (Å²) in [5.74, 6) is 0.742. The number of fused-ring (bicyclic) bond motifs is 1. The summed E-state index contributed by atoms with van der Waals surface area (Å²) in [6, 6.07) is 0. The lowest BCUT2D eigenvalue weighted by atomic mass is 9.84. The molecule has 2 aliphatic rings. The van der Waals surface area contributed by atoms with Crippen molar-refractivity contribution in [1.82, 2.24) is 15.5 Å². The van der Waals surface area contributed by atoms with Gasteiger partial charge in [-0.15, -0.1) is 0 Å². The maximum atomic E-state index is 4.61. The summed E-state index contributed by atoms with van der Waals surface area (Å²) < 4.78 is 0. The Labute approximate surface area is 112 Å². The van der Waals surface area contributed by atoms with E-state index < -0.39 is 0 Å². The van der Waals surface area contributed by atoms with Crippen LogP contribution >= 0.6 is 0 Å². The van der Waals surface area contributed by atoms with E-state index in [1.54, 1.807) is 0 Å². The summed E-state index contributed by atoms with van der Waals surface area (Å²) in [7, 11) is 0. The number of hydrogen-bond donors (Lipinski definition) is 2. The molecule has 1 saturated carbocycles. The van der Waals surface area contributed by atoms with Gasteiger partial charge in [0.15, 0.2) is 0 Å². The van der Waals surface area contributed by atoms with Crippen LogP contribution in [0.1, 0.15) is 70.2 Å². The van der Waals surface area contributed by atoms with Crippen molar-refractivity contribution in [3.63, 3.8) is 0 Å². The molecular formula is C15H29N3. The second-order valence-corrected chi connectivity index (χ2v) is 5.15. The van der Waals surface area contributed by atoms with Crippen LogP contribution in [0.5, 0.6) is 0 Å². The lowest BCUT2D eigenvalue weighted by Gasteiger charge is -2.20. The average molecular weight is 251 g/mol.